The fourth-order valence-corrected chi connectivity index (χ4v) is 3.39. The number of carbonyl (C=O) groups is 2. The standard InChI is InChI=1S/C24H21ClN2O5/c1-17(32-24(29)21-13-12-20(27(30)31)14-22(21)25)23(28)26(15-18-8-4-2-5-9-18)16-19-10-6-3-7-11-19/h2-14,17H,15-16H2,1H3. The van der Waals surface area contributed by atoms with Crippen LogP contribution in [0.2, 0.25) is 5.02 Å². The van der Waals surface area contributed by atoms with E-state index in [4.69, 9.17) is 16.3 Å². The summed E-state index contributed by atoms with van der Waals surface area (Å²) in [6, 6.07) is 22.5. The number of esters is 1. The summed E-state index contributed by atoms with van der Waals surface area (Å²) in [6.45, 7) is 2.17. The third-order valence-corrected chi connectivity index (χ3v) is 5.07. The molecule has 3 aromatic rings. The van der Waals surface area contributed by atoms with Crippen molar-refractivity contribution in [3.63, 3.8) is 0 Å². The van der Waals surface area contributed by atoms with Crippen molar-refractivity contribution in [2.45, 2.75) is 26.1 Å². The van der Waals surface area contributed by atoms with Crippen LogP contribution in [-0.4, -0.2) is 27.8 Å². The van der Waals surface area contributed by atoms with Gasteiger partial charge in [0.15, 0.2) is 6.10 Å². The van der Waals surface area contributed by atoms with E-state index < -0.39 is 17.0 Å². The highest BCUT2D eigenvalue weighted by atomic mass is 35.5. The topological polar surface area (TPSA) is 89.7 Å². The Bertz CT molecular complexity index is 1060. The molecular weight excluding hydrogens is 432 g/mol. The number of ether oxygens (including phenoxy) is 1. The van der Waals surface area contributed by atoms with Crippen LogP contribution >= 0.6 is 11.6 Å². The average molecular weight is 453 g/mol. The summed E-state index contributed by atoms with van der Waals surface area (Å²) in [5.74, 6) is -1.20. The highest BCUT2D eigenvalue weighted by Crippen LogP contribution is 2.24. The van der Waals surface area contributed by atoms with E-state index in [1.165, 1.54) is 13.0 Å². The molecule has 3 rings (SSSR count). The van der Waals surface area contributed by atoms with Crippen LogP contribution in [0.3, 0.4) is 0 Å². The maximum absolute atomic E-state index is 13.2. The van der Waals surface area contributed by atoms with E-state index in [0.29, 0.717) is 13.1 Å². The van der Waals surface area contributed by atoms with Gasteiger partial charge in [-0.05, 0) is 24.1 Å². The van der Waals surface area contributed by atoms with Gasteiger partial charge in [-0.3, -0.25) is 14.9 Å². The van der Waals surface area contributed by atoms with Crippen LogP contribution in [0.5, 0.6) is 0 Å². The summed E-state index contributed by atoms with van der Waals surface area (Å²) in [4.78, 5) is 37.6. The second-order valence-corrected chi connectivity index (χ2v) is 7.54. The van der Waals surface area contributed by atoms with Crippen molar-refractivity contribution in [2.24, 2.45) is 0 Å². The zero-order valence-electron chi connectivity index (χ0n) is 17.3. The first-order valence-electron chi connectivity index (χ1n) is 9.86. The van der Waals surface area contributed by atoms with Crippen LogP contribution < -0.4 is 0 Å². The first-order valence-corrected chi connectivity index (χ1v) is 10.2. The van der Waals surface area contributed by atoms with Gasteiger partial charge in [-0.15, -0.1) is 0 Å². The van der Waals surface area contributed by atoms with Crippen molar-refractivity contribution < 1.29 is 19.2 Å². The molecule has 0 aliphatic heterocycles. The Morgan fingerprint density at radius 2 is 1.50 bits per heavy atom. The summed E-state index contributed by atoms with van der Waals surface area (Å²) in [6.07, 6.45) is -1.08. The maximum Gasteiger partial charge on any atom is 0.340 e. The minimum Gasteiger partial charge on any atom is -0.449 e. The fraction of sp³-hybridized carbons (Fsp3) is 0.167. The molecule has 7 nitrogen and oxygen atoms in total. The predicted molar refractivity (Wildman–Crippen MR) is 120 cm³/mol. The second kappa shape index (κ2) is 10.5. The molecular formula is C24H21ClN2O5. The largest absolute Gasteiger partial charge is 0.449 e. The number of nitrogens with zero attached hydrogens (tertiary/aromatic N) is 2. The minimum atomic E-state index is -1.08. The van der Waals surface area contributed by atoms with Crippen molar-refractivity contribution in [1.29, 1.82) is 0 Å². The van der Waals surface area contributed by atoms with Crippen molar-refractivity contribution in [2.75, 3.05) is 0 Å². The molecule has 0 saturated carbocycles. The Morgan fingerprint density at radius 1 is 0.969 bits per heavy atom. The Labute approximate surface area is 190 Å². The third-order valence-electron chi connectivity index (χ3n) is 4.76. The SMILES string of the molecule is CC(OC(=O)c1ccc([N+](=O)[O-])cc1Cl)C(=O)N(Cc1ccccc1)Cc1ccccc1. The first kappa shape index (κ1) is 23.0. The highest BCUT2D eigenvalue weighted by Gasteiger charge is 2.26. The molecule has 0 radical (unpaired) electrons. The van der Waals surface area contributed by atoms with Crippen molar-refractivity contribution in [3.8, 4) is 0 Å². The molecule has 0 aliphatic rings. The van der Waals surface area contributed by atoms with Gasteiger partial charge in [0.1, 0.15) is 0 Å². The molecule has 164 valence electrons. The highest BCUT2D eigenvalue weighted by molar-refractivity contribution is 6.33. The molecule has 0 fully saturated rings. The molecule has 0 heterocycles. The number of halogens is 1. The quantitative estimate of drug-likeness (QED) is 0.272. The van der Waals surface area contributed by atoms with Gasteiger partial charge in [-0.2, -0.15) is 0 Å². The number of non-ortho nitro benzene ring substituents is 1. The van der Waals surface area contributed by atoms with Gasteiger partial charge < -0.3 is 9.64 Å². The number of hydrogen-bond acceptors (Lipinski definition) is 5. The summed E-state index contributed by atoms with van der Waals surface area (Å²) < 4.78 is 5.35. The van der Waals surface area contributed by atoms with E-state index in [0.717, 1.165) is 23.3 Å². The van der Waals surface area contributed by atoms with Gasteiger partial charge >= 0.3 is 5.97 Å². The number of carbonyl (C=O) groups excluding carboxylic acids is 2. The van der Waals surface area contributed by atoms with Crippen LogP contribution in [0.15, 0.2) is 78.9 Å². The summed E-state index contributed by atoms with van der Waals surface area (Å²) >= 11 is 6.01. The summed E-state index contributed by atoms with van der Waals surface area (Å²) in [7, 11) is 0. The summed E-state index contributed by atoms with van der Waals surface area (Å²) in [5, 5.41) is 10.7. The average Bonchev–Trinajstić information content (AvgIpc) is 2.79. The third kappa shape index (κ3) is 5.92. The molecule has 1 amide bonds. The van der Waals surface area contributed by atoms with E-state index in [-0.39, 0.29) is 22.2 Å². The number of nitro groups is 1. The lowest BCUT2D eigenvalue weighted by atomic mass is 10.1. The van der Waals surface area contributed by atoms with Gasteiger partial charge in [0.05, 0.1) is 15.5 Å². The Kier molecular flexibility index (Phi) is 7.57. The molecule has 3 aromatic carbocycles. The fourth-order valence-electron chi connectivity index (χ4n) is 3.13. The molecule has 32 heavy (non-hydrogen) atoms. The molecule has 0 bridgehead atoms. The molecule has 0 aromatic heterocycles. The predicted octanol–water partition coefficient (Wildman–Crippen LogP) is 5.02. The number of hydrogen-bond donors (Lipinski definition) is 0. The molecule has 1 unspecified atom stereocenters. The van der Waals surface area contributed by atoms with Gasteiger partial charge in [0, 0.05) is 25.2 Å². The Hall–Kier alpha value is -3.71. The van der Waals surface area contributed by atoms with Crippen molar-refractivity contribution in [1.82, 2.24) is 4.90 Å². The van der Waals surface area contributed by atoms with E-state index in [2.05, 4.69) is 0 Å². The van der Waals surface area contributed by atoms with Gasteiger partial charge in [0.2, 0.25) is 0 Å². The minimum absolute atomic E-state index is 0.0467. The van der Waals surface area contributed by atoms with Crippen LogP contribution in [0, 0.1) is 10.1 Å². The zero-order valence-corrected chi connectivity index (χ0v) is 18.1. The first-order chi connectivity index (χ1) is 15.3. The van der Waals surface area contributed by atoms with E-state index in [9.17, 15) is 19.7 Å². The molecule has 0 aliphatic carbocycles. The summed E-state index contributed by atoms with van der Waals surface area (Å²) in [5.41, 5.74) is 1.59. The lowest BCUT2D eigenvalue weighted by Gasteiger charge is -2.26. The van der Waals surface area contributed by atoms with E-state index >= 15 is 0 Å². The number of amides is 1. The maximum atomic E-state index is 13.2. The molecule has 8 heteroatoms. The number of nitro benzene ring substituents is 1. The second-order valence-electron chi connectivity index (χ2n) is 7.13. The monoisotopic (exact) mass is 452 g/mol. The normalized spacial score (nSPS) is 11.4. The van der Waals surface area contributed by atoms with Gasteiger partial charge in [0.25, 0.3) is 11.6 Å². The van der Waals surface area contributed by atoms with Crippen LogP contribution in [-0.2, 0) is 22.6 Å². The number of rotatable bonds is 8. The molecule has 1 atom stereocenters. The van der Waals surface area contributed by atoms with Crippen LogP contribution in [0.1, 0.15) is 28.4 Å². The van der Waals surface area contributed by atoms with E-state index in [1.807, 2.05) is 60.7 Å². The zero-order chi connectivity index (χ0) is 23.1. The number of benzene rings is 3. The Balaban J connectivity index is 1.76. The lowest BCUT2D eigenvalue weighted by Crippen LogP contribution is -2.39. The van der Waals surface area contributed by atoms with E-state index in [1.54, 1.807) is 4.90 Å². The van der Waals surface area contributed by atoms with Crippen molar-refractivity contribution >= 4 is 29.2 Å². The van der Waals surface area contributed by atoms with Crippen LogP contribution in [0.25, 0.3) is 0 Å². The van der Waals surface area contributed by atoms with Crippen molar-refractivity contribution in [3.05, 3.63) is 111 Å². The Morgan fingerprint density at radius 3 is 1.97 bits per heavy atom. The lowest BCUT2D eigenvalue weighted by molar-refractivity contribution is -0.384. The van der Waals surface area contributed by atoms with Crippen LogP contribution in [0.4, 0.5) is 5.69 Å². The smallest absolute Gasteiger partial charge is 0.340 e. The van der Waals surface area contributed by atoms with Gasteiger partial charge in [-0.25, -0.2) is 4.79 Å². The molecule has 0 spiro atoms. The van der Waals surface area contributed by atoms with Gasteiger partial charge in [-0.1, -0.05) is 72.3 Å². The molecule has 0 saturated heterocycles. The molecule has 0 N–H and O–H groups in total.